The Balaban J connectivity index is 0.00000123. The Hall–Kier alpha value is -1.55. The van der Waals surface area contributed by atoms with Crippen molar-refractivity contribution in [3.8, 4) is 5.75 Å². The topological polar surface area (TPSA) is 41.6 Å². The molecule has 0 spiro atoms. The van der Waals surface area contributed by atoms with Gasteiger partial charge in [0.25, 0.3) is 0 Å². The van der Waals surface area contributed by atoms with Crippen LogP contribution in [0.15, 0.2) is 30.3 Å². The smallest absolute Gasteiger partial charge is 0.220 e. The Kier molecular flexibility index (Phi) is 14.0. The molecule has 1 aromatic carbocycles. The second kappa shape index (κ2) is 15.0. The third-order valence-electron chi connectivity index (χ3n) is 3.88. The van der Waals surface area contributed by atoms with Crippen LogP contribution in [-0.2, 0) is 4.79 Å². The van der Waals surface area contributed by atoms with E-state index in [9.17, 15) is 4.79 Å². The number of para-hydroxylation sites is 1. The number of rotatable bonds is 6. The van der Waals surface area contributed by atoms with Crippen LogP contribution in [0.4, 0.5) is 0 Å². The van der Waals surface area contributed by atoms with Gasteiger partial charge in [0.2, 0.25) is 5.91 Å². The number of benzene rings is 1. The molecule has 1 saturated heterocycles. The summed E-state index contributed by atoms with van der Waals surface area (Å²) in [7, 11) is 1.71. The minimum absolute atomic E-state index is 0.163. The Labute approximate surface area is 148 Å². The fraction of sp³-hybridized carbons (Fsp3) is 0.650. The fourth-order valence-corrected chi connectivity index (χ4v) is 2.59. The monoisotopic (exact) mass is 336 g/mol. The predicted molar refractivity (Wildman–Crippen MR) is 102 cm³/mol. The Morgan fingerprint density at radius 3 is 2.25 bits per heavy atom. The van der Waals surface area contributed by atoms with Crippen LogP contribution in [0.3, 0.4) is 0 Å². The van der Waals surface area contributed by atoms with Gasteiger partial charge in [0.05, 0.1) is 0 Å². The molecule has 0 saturated carbocycles. The second-order valence-corrected chi connectivity index (χ2v) is 5.32. The summed E-state index contributed by atoms with van der Waals surface area (Å²) in [5.74, 6) is 1.64. The van der Waals surface area contributed by atoms with Gasteiger partial charge in [-0.05, 0) is 44.0 Å². The molecule has 1 amide bonds. The molecule has 0 bridgehead atoms. The molecule has 4 heteroatoms. The molecule has 0 unspecified atom stereocenters. The minimum Gasteiger partial charge on any atom is -0.492 e. The van der Waals surface area contributed by atoms with E-state index >= 15 is 0 Å². The van der Waals surface area contributed by atoms with Gasteiger partial charge in [-0.2, -0.15) is 0 Å². The summed E-state index contributed by atoms with van der Waals surface area (Å²) in [5, 5.41) is 2.70. The van der Waals surface area contributed by atoms with Gasteiger partial charge in [-0.1, -0.05) is 45.9 Å². The molecule has 1 N–H and O–H groups in total. The lowest BCUT2D eigenvalue weighted by Crippen LogP contribution is -2.37. The molecule has 138 valence electrons. The van der Waals surface area contributed by atoms with Crippen LogP contribution in [0.5, 0.6) is 5.75 Å². The average molecular weight is 337 g/mol. The number of hydrogen-bond acceptors (Lipinski definition) is 3. The first-order valence-electron chi connectivity index (χ1n) is 9.38. The summed E-state index contributed by atoms with van der Waals surface area (Å²) in [5.41, 5.74) is 0. The van der Waals surface area contributed by atoms with Crippen molar-refractivity contribution in [2.75, 3.05) is 33.3 Å². The van der Waals surface area contributed by atoms with E-state index in [1.807, 2.05) is 58.0 Å². The summed E-state index contributed by atoms with van der Waals surface area (Å²) < 4.78 is 5.71. The molecular weight excluding hydrogens is 300 g/mol. The SMILES string of the molecule is CC.CC.CNC(=O)CC1CCN(CCOc2ccccc2)CC1. The Morgan fingerprint density at radius 2 is 1.71 bits per heavy atom. The highest BCUT2D eigenvalue weighted by molar-refractivity contribution is 5.75. The zero-order valence-electron chi connectivity index (χ0n) is 16.2. The third kappa shape index (κ3) is 9.56. The maximum absolute atomic E-state index is 11.3. The molecule has 4 nitrogen and oxygen atoms in total. The number of piperidine rings is 1. The molecule has 24 heavy (non-hydrogen) atoms. The molecule has 0 aliphatic carbocycles. The van der Waals surface area contributed by atoms with E-state index in [0.29, 0.717) is 12.3 Å². The van der Waals surface area contributed by atoms with Gasteiger partial charge < -0.3 is 10.1 Å². The first-order valence-corrected chi connectivity index (χ1v) is 9.38. The first kappa shape index (κ1) is 22.4. The van der Waals surface area contributed by atoms with E-state index in [1.165, 1.54) is 0 Å². The van der Waals surface area contributed by atoms with E-state index in [0.717, 1.165) is 44.8 Å². The lowest BCUT2D eigenvalue weighted by atomic mass is 9.93. The standard InChI is InChI=1S/C16H24N2O2.2C2H6/c1-17-16(19)13-14-7-9-18(10-8-14)11-12-20-15-5-3-2-4-6-15;2*1-2/h2-6,14H,7-13H2,1H3,(H,17,19);2*1-2H3. The van der Waals surface area contributed by atoms with Gasteiger partial charge in [0, 0.05) is 20.0 Å². The third-order valence-corrected chi connectivity index (χ3v) is 3.88. The summed E-state index contributed by atoms with van der Waals surface area (Å²) in [6.07, 6.45) is 2.89. The Bertz CT molecular complexity index is 401. The Morgan fingerprint density at radius 1 is 1.12 bits per heavy atom. The molecule has 1 aromatic rings. The van der Waals surface area contributed by atoms with Gasteiger partial charge in [-0.15, -0.1) is 0 Å². The first-order chi connectivity index (χ1) is 11.8. The summed E-state index contributed by atoms with van der Waals surface area (Å²) in [6.45, 7) is 11.8. The molecule has 1 aliphatic heterocycles. The molecule has 1 fully saturated rings. The van der Waals surface area contributed by atoms with Crippen molar-refractivity contribution in [1.82, 2.24) is 10.2 Å². The van der Waals surface area contributed by atoms with Crippen LogP contribution in [0.2, 0.25) is 0 Å². The molecule has 0 atom stereocenters. The maximum atomic E-state index is 11.3. The molecule has 0 radical (unpaired) electrons. The van der Waals surface area contributed by atoms with Gasteiger partial charge in [-0.25, -0.2) is 0 Å². The van der Waals surface area contributed by atoms with Crippen LogP contribution in [0.1, 0.15) is 47.0 Å². The molecular formula is C20H36N2O2. The lowest BCUT2D eigenvalue weighted by Gasteiger charge is -2.31. The van der Waals surface area contributed by atoms with Crippen LogP contribution in [0.25, 0.3) is 0 Å². The largest absolute Gasteiger partial charge is 0.492 e. The van der Waals surface area contributed by atoms with Crippen LogP contribution in [0, 0.1) is 5.92 Å². The number of carbonyl (C=O) groups is 1. The van der Waals surface area contributed by atoms with Crippen molar-refractivity contribution in [3.05, 3.63) is 30.3 Å². The minimum atomic E-state index is 0.163. The molecule has 1 aliphatic rings. The fourth-order valence-electron chi connectivity index (χ4n) is 2.59. The zero-order valence-corrected chi connectivity index (χ0v) is 16.2. The number of amides is 1. The van der Waals surface area contributed by atoms with E-state index in [-0.39, 0.29) is 5.91 Å². The van der Waals surface area contributed by atoms with E-state index < -0.39 is 0 Å². The van der Waals surface area contributed by atoms with E-state index in [4.69, 9.17) is 4.74 Å². The van der Waals surface area contributed by atoms with Crippen molar-refractivity contribution >= 4 is 5.91 Å². The van der Waals surface area contributed by atoms with Gasteiger partial charge in [0.1, 0.15) is 12.4 Å². The highest BCUT2D eigenvalue weighted by Crippen LogP contribution is 2.20. The van der Waals surface area contributed by atoms with Crippen LogP contribution in [-0.4, -0.2) is 44.1 Å². The van der Waals surface area contributed by atoms with E-state index in [2.05, 4.69) is 10.2 Å². The average Bonchev–Trinajstić information content (AvgIpc) is 2.67. The number of carbonyl (C=O) groups excluding carboxylic acids is 1. The normalized spacial score (nSPS) is 14.5. The van der Waals surface area contributed by atoms with E-state index in [1.54, 1.807) is 7.05 Å². The molecule has 1 heterocycles. The number of nitrogens with one attached hydrogen (secondary N) is 1. The van der Waals surface area contributed by atoms with Crippen molar-refractivity contribution < 1.29 is 9.53 Å². The predicted octanol–water partition coefficient (Wildman–Crippen LogP) is 3.97. The number of nitrogens with zero attached hydrogens (tertiary/aromatic N) is 1. The van der Waals surface area contributed by atoms with Crippen molar-refractivity contribution in [1.29, 1.82) is 0 Å². The van der Waals surface area contributed by atoms with Crippen LogP contribution < -0.4 is 10.1 Å². The zero-order chi connectivity index (χ0) is 18.2. The second-order valence-electron chi connectivity index (χ2n) is 5.32. The number of likely N-dealkylation sites (tertiary alicyclic amines) is 1. The highest BCUT2D eigenvalue weighted by atomic mass is 16.5. The van der Waals surface area contributed by atoms with Crippen molar-refractivity contribution in [3.63, 3.8) is 0 Å². The van der Waals surface area contributed by atoms with Crippen molar-refractivity contribution in [2.45, 2.75) is 47.0 Å². The number of ether oxygens (including phenoxy) is 1. The number of hydrogen-bond donors (Lipinski definition) is 1. The highest BCUT2D eigenvalue weighted by Gasteiger charge is 2.20. The van der Waals surface area contributed by atoms with Gasteiger partial charge >= 0.3 is 0 Å². The summed E-state index contributed by atoms with van der Waals surface area (Å²) in [4.78, 5) is 13.8. The molecule has 0 aromatic heterocycles. The summed E-state index contributed by atoms with van der Waals surface area (Å²) >= 11 is 0. The summed E-state index contributed by atoms with van der Waals surface area (Å²) in [6, 6.07) is 9.93. The van der Waals surface area contributed by atoms with Crippen LogP contribution >= 0.6 is 0 Å². The maximum Gasteiger partial charge on any atom is 0.220 e. The lowest BCUT2D eigenvalue weighted by molar-refractivity contribution is -0.121. The molecule has 2 rings (SSSR count). The van der Waals surface area contributed by atoms with Gasteiger partial charge in [-0.3, -0.25) is 9.69 Å². The quantitative estimate of drug-likeness (QED) is 0.855. The van der Waals surface area contributed by atoms with Crippen molar-refractivity contribution in [2.24, 2.45) is 5.92 Å². The van der Waals surface area contributed by atoms with Gasteiger partial charge in [0.15, 0.2) is 0 Å².